The van der Waals surface area contributed by atoms with Crippen LogP contribution < -0.4 is 11.1 Å². The Balaban J connectivity index is 1.35. The van der Waals surface area contributed by atoms with E-state index in [0.29, 0.717) is 38.1 Å². The number of H-pyrrole nitrogens is 1. The normalized spacial score (nSPS) is 42.1. The lowest BCUT2D eigenvalue weighted by Gasteiger charge is -2.71. The minimum atomic E-state index is -0.653. The summed E-state index contributed by atoms with van der Waals surface area (Å²) < 4.78 is 19.7. The molecule has 280 valence electrons. The van der Waals surface area contributed by atoms with Crippen LogP contribution in [-0.2, 0) is 23.8 Å². The maximum Gasteiger partial charge on any atom is 0.307 e. The number of nitrogens with one attached hydrogen (secondary N) is 2. The van der Waals surface area contributed by atoms with Gasteiger partial charge in [-0.2, -0.15) is 4.98 Å². The Morgan fingerprint density at radius 1 is 1.08 bits per heavy atom. The van der Waals surface area contributed by atoms with E-state index in [2.05, 4.69) is 88.9 Å². The molecule has 0 aromatic carbocycles. The van der Waals surface area contributed by atoms with Crippen molar-refractivity contribution in [3.05, 3.63) is 11.6 Å². The molecule has 12 atom stereocenters. The lowest BCUT2D eigenvalue weighted by molar-refractivity contribution is -0.267. The van der Waals surface area contributed by atoms with Crippen LogP contribution in [0.2, 0.25) is 0 Å². The quantitative estimate of drug-likeness (QED) is 0.152. The van der Waals surface area contributed by atoms with Crippen molar-refractivity contribution in [2.24, 2.45) is 62.6 Å². The van der Waals surface area contributed by atoms with Crippen molar-refractivity contribution in [3.8, 4) is 0 Å². The molecule has 1 aromatic heterocycles. The van der Waals surface area contributed by atoms with Crippen LogP contribution in [0.5, 0.6) is 0 Å². The fraction of sp³-hybridized carbons (Fsp3) is 0.846. The molecule has 0 amide bonds. The first-order valence-electron chi connectivity index (χ1n) is 19.1. The summed E-state index contributed by atoms with van der Waals surface area (Å²) in [6.07, 6.45) is 6.90. The third-order valence-electron chi connectivity index (χ3n) is 15.5. The first-order valence-corrected chi connectivity index (χ1v) is 19.1. The van der Waals surface area contributed by atoms with Crippen LogP contribution in [0, 0.1) is 62.6 Å². The summed E-state index contributed by atoms with van der Waals surface area (Å²) in [5.41, 5.74) is 5.60. The molecule has 3 saturated carbocycles. The highest BCUT2D eigenvalue weighted by atomic mass is 16.6. The van der Waals surface area contributed by atoms with Gasteiger partial charge >= 0.3 is 11.9 Å². The lowest BCUT2D eigenvalue weighted by Crippen LogP contribution is -2.70. The molecule has 6 rings (SSSR count). The number of nitrogen functional groups attached to an aromatic ring is 1. The van der Waals surface area contributed by atoms with Crippen LogP contribution in [0.3, 0.4) is 0 Å². The number of nitrogens with zero attached hydrogens (tertiary/aromatic N) is 2. The zero-order valence-electron chi connectivity index (χ0n) is 32.1. The minimum Gasteiger partial charge on any atom is -0.481 e. The van der Waals surface area contributed by atoms with Gasteiger partial charge in [0.15, 0.2) is 0 Å². The number of carbonyl (C=O) groups excluding carboxylic acids is 1. The molecular weight excluding hydrogens is 634 g/mol. The molecule has 50 heavy (non-hydrogen) atoms. The van der Waals surface area contributed by atoms with Crippen molar-refractivity contribution in [1.29, 1.82) is 0 Å². The number of fused-ring (bicyclic) bond motifs is 3. The Bertz CT molecular complexity index is 1490. The fourth-order valence-electron chi connectivity index (χ4n) is 12.3. The number of rotatable bonds is 10. The molecule has 2 bridgehead atoms. The Morgan fingerprint density at radius 3 is 2.40 bits per heavy atom. The predicted octanol–water partition coefficient (Wildman–Crippen LogP) is 6.73. The van der Waals surface area contributed by atoms with Crippen LogP contribution >= 0.6 is 0 Å². The number of esters is 1. The molecule has 4 fully saturated rings. The average Bonchev–Trinajstić information content (AvgIpc) is 3.43. The van der Waals surface area contributed by atoms with Crippen molar-refractivity contribution in [1.82, 2.24) is 15.2 Å². The number of aliphatic carboxylic acids is 1. The van der Waals surface area contributed by atoms with E-state index in [0.717, 1.165) is 32.1 Å². The molecule has 5 aliphatic rings. The number of carboxylic acid groups (broad SMARTS) is 1. The SMILES string of the molecule is CC(=O)O[C@@H]1C[C@@]23COC[C@@](C)([C@@H]2CC[C@H]2C3=CC[C@@]3(C)[C@H](C(=O)O)[C@@](C)([C@H](C)C(C)C)CC[C@]23C)[C@H]1OCC(Nc1nc(N)n[nH]1)C(C)C. The zero-order valence-corrected chi connectivity index (χ0v) is 32.1. The molecular formula is C39H63N5O6. The number of carboxylic acids is 1. The molecule has 11 nitrogen and oxygen atoms in total. The molecule has 11 heteroatoms. The second-order valence-corrected chi connectivity index (χ2v) is 18.5. The van der Waals surface area contributed by atoms with E-state index in [1.807, 2.05) is 0 Å². The van der Waals surface area contributed by atoms with Crippen molar-refractivity contribution < 1.29 is 28.9 Å². The fourth-order valence-corrected chi connectivity index (χ4v) is 12.3. The highest BCUT2D eigenvalue weighted by molar-refractivity contribution is 5.73. The summed E-state index contributed by atoms with van der Waals surface area (Å²) in [4.78, 5) is 30.4. The van der Waals surface area contributed by atoms with Gasteiger partial charge in [0.25, 0.3) is 0 Å². The van der Waals surface area contributed by atoms with E-state index < -0.39 is 28.8 Å². The van der Waals surface area contributed by atoms with E-state index in [4.69, 9.17) is 19.9 Å². The van der Waals surface area contributed by atoms with Crippen LogP contribution in [-0.4, -0.2) is 70.3 Å². The largest absolute Gasteiger partial charge is 0.481 e. The predicted molar refractivity (Wildman–Crippen MR) is 192 cm³/mol. The van der Waals surface area contributed by atoms with Crippen molar-refractivity contribution in [2.45, 2.75) is 126 Å². The Hall–Kier alpha value is -2.66. The smallest absolute Gasteiger partial charge is 0.307 e. The number of aromatic nitrogens is 3. The summed E-state index contributed by atoms with van der Waals surface area (Å²) in [5.74, 6) is 0.677. The average molecular weight is 698 g/mol. The van der Waals surface area contributed by atoms with Crippen LogP contribution in [0.1, 0.15) is 108 Å². The monoisotopic (exact) mass is 697 g/mol. The number of allylic oxidation sites excluding steroid dienone is 1. The maximum atomic E-state index is 13.4. The number of nitrogens with two attached hydrogens (primary N) is 1. The number of ether oxygens (including phenoxy) is 3. The van der Waals surface area contributed by atoms with Gasteiger partial charge in [-0.1, -0.05) is 74.0 Å². The number of hydrogen-bond acceptors (Lipinski definition) is 9. The van der Waals surface area contributed by atoms with Crippen molar-refractivity contribution >= 4 is 23.8 Å². The van der Waals surface area contributed by atoms with E-state index >= 15 is 0 Å². The third kappa shape index (κ3) is 5.50. The van der Waals surface area contributed by atoms with Crippen LogP contribution in [0.4, 0.5) is 11.9 Å². The standard InChI is InChI=1S/C39H63N5O6/c1-21(2)23(5)35(7)15-16-37(9)25-11-12-29-36(8)19-48-20-39(29,26(25)13-14-38(37,10)30(35)32(46)47)17-28(50-24(6)45)31(36)49-18-27(22(3)4)41-34-42-33(40)43-44-34/h13,21-23,25,27-31H,11-12,14-20H2,1-10H3,(H,46,47)(H4,40,41,42,43,44)/t23-,25+,27?,28-,29+,30-,31+,35-,36+,37-,38+,39+/m1/s1. The second kappa shape index (κ2) is 12.8. The highest BCUT2D eigenvalue weighted by Crippen LogP contribution is 2.75. The van der Waals surface area contributed by atoms with Crippen molar-refractivity contribution in [2.75, 3.05) is 30.9 Å². The van der Waals surface area contributed by atoms with Gasteiger partial charge in [0.1, 0.15) is 12.2 Å². The molecule has 0 radical (unpaired) electrons. The number of carbonyl (C=O) groups is 2. The molecule has 1 unspecified atom stereocenters. The lowest BCUT2D eigenvalue weighted by atomic mass is 9.34. The van der Waals surface area contributed by atoms with Gasteiger partial charge in [-0.3, -0.25) is 9.59 Å². The molecule has 2 heterocycles. The maximum absolute atomic E-state index is 13.4. The zero-order chi connectivity index (χ0) is 36.6. The van der Waals surface area contributed by atoms with Gasteiger partial charge in [-0.15, -0.1) is 5.10 Å². The molecule has 5 N–H and O–H groups in total. The van der Waals surface area contributed by atoms with Crippen LogP contribution in [0.25, 0.3) is 0 Å². The summed E-state index contributed by atoms with van der Waals surface area (Å²) in [7, 11) is 0. The van der Waals surface area contributed by atoms with Gasteiger partial charge in [-0.25, -0.2) is 5.10 Å². The molecule has 1 saturated heterocycles. The number of aromatic amines is 1. The Labute approximate surface area is 298 Å². The molecule has 0 spiro atoms. The van der Waals surface area contributed by atoms with E-state index in [9.17, 15) is 14.7 Å². The van der Waals surface area contributed by atoms with Gasteiger partial charge in [0.05, 0.1) is 31.8 Å². The molecule has 4 aliphatic carbocycles. The number of anilines is 2. The third-order valence-corrected chi connectivity index (χ3v) is 15.5. The summed E-state index contributed by atoms with van der Waals surface area (Å²) in [5, 5.41) is 21.2. The van der Waals surface area contributed by atoms with Gasteiger partial charge < -0.3 is 30.4 Å². The molecule has 1 aliphatic heterocycles. The topological polar surface area (TPSA) is 162 Å². The van der Waals surface area contributed by atoms with E-state index in [1.54, 1.807) is 0 Å². The van der Waals surface area contributed by atoms with Gasteiger partial charge in [0, 0.05) is 17.8 Å². The Kier molecular flexibility index (Phi) is 9.48. The first-order chi connectivity index (χ1) is 23.3. The van der Waals surface area contributed by atoms with E-state index in [1.165, 1.54) is 12.5 Å². The van der Waals surface area contributed by atoms with Crippen LogP contribution in [0.15, 0.2) is 11.6 Å². The highest BCUT2D eigenvalue weighted by Gasteiger charge is 2.72. The summed E-state index contributed by atoms with van der Waals surface area (Å²) in [6, 6.07) is -0.0906. The second-order valence-electron chi connectivity index (χ2n) is 18.5. The van der Waals surface area contributed by atoms with Crippen molar-refractivity contribution in [3.63, 3.8) is 0 Å². The Morgan fingerprint density at radius 2 is 1.80 bits per heavy atom. The number of hydrogen-bond donors (Lipinski definition) is 4. The first kappa shape index (κ1) is 37.1. The summed E-state index contributed by atoms with van der Waals surface area (Å²) in [6.45, 7) is 23.2. The minimum absolute atomic E-state index is 0.0906. The van der Waals surface area contributed by atoms with Gasteiger partial charge in [0.2, 0.25) is 11.9 Å². The summed E-state index contributed by atoms with van der Waals surface area (Å²) >= 11 is 0. The van der Waals surface area contributed by atoms with Gasteiger partial charge in [-0.05, 0) is 84.4 Å². The van der Waals surface area contributed by atoms with E-state index in [-0.39, 0.29) is 64.0 Å². The molecule has 1 aromatic rings.